The summed E-state index contributed by atoms with van der Waals surface area (Å²) in [6.07, 6.45) is 6.09. The first kappa shape index (κ1) is 42.1. The van der Waals surface area contributed by atoms with Crippen molar-refractivity contribution in [1.29, 1.82) is 0 Å². The molecular weight excluding hydrogens is 748 g/mol. The molecule has 5 aromatic rings. The van der Waals surface area contributed by atoms with Gasteiger partial charge in [0.25, 0.3) is 0 Å². The molecule has 57 heavy (non-hydrogen) atoms. The Kier molecular flexibility index (Phi) is 12.6. The van der Waals surface area contributed by atoms with Crippen molar-refractivity contribution < 1.29 is 43.2 Å². The van der Waals surface area contributed by atoms with Crippen LogP contribution in [-0.2, 0) is 16.0 Å². The molecule has 298 valence electrons. The maximum Gasteiger partial charge on any atom is 0.350 e. The van der Waals surface area contributed by atoms with Crippen molar-refractivity contribution in [1.82, 2.24) is 0 Å². The normalized spacial score (nSPS) is 12.8. The Labute approximate surface area is 336 Å². The fourth-order valence-corrected chi connectivity index (χ4v) is 6.15. The molecule has 0 amide bonds. The van der Waals surface area contributed by atoms with Crippen LogP contribution in [0, 0.1) is 0 Å². The van der Waals surface area contributed by atoms with E-state index in [2.05, 4.69) is 6.08 Å². The lowest BCUT2D eigenvalue weighted by atomic mass is 9.93. The van der Waals surface area contributed by atoms with Crippen molar-refractivity contribution in [3.63, 3.8) is 0 Å². The van der Waals surface area contributed by atoms with Gasteiger partial charge in [-0.25, -0.2) is 9.59 Å². The van der Waals surface area contributed by atoms with Crippen molar-refractivity contribution in [3.8, 4) is 39.9 Å². The smallest absolute Gasteiger partial charge is 0.350 e. The van der Waals surface area contributed by atoms with Gasteiger partial charge in [-0.15, -0.1) is 0 Å². The Morgan fingerprint density at radius 3 is 2.09 bits per heavy atom. The molecule has 0 bridgehead atoms. The minimum Gasteiger partial charge on any atom is -0.508 e. The molecule has 11 heteroatoms. The van der Waals surface area contributed by atoms with Crippen molar-refractivity contribution in [2.24, 2.45) is 0 Å². The summed E-state index contributed by atoms with van der Waals surface area (Å²) in [6.45, 7) is 14.7. The molecule has 2 heterocycles. The number of hydrogen-bond acceptors (Lipinski definition) is 10. The Morgan fingerprint density at radius 1 is 0.930 bits per heavy atom. The van der Waals surface area contributed by atoms with Crippen LogP contribution < -0.4 is 19.8 Å². The van der Waals surface area contributed by atoms with Gasteiger partial charge in [0.15, 0.2) is 17.0 Å². The number of carbonyl (C=O) groups excluding carboxylic acids is 2. The third-order valence-electron chi connectivity index (χ3n) is 8.89. The Bertz CT molecular complexity index is 2400. The maximum atomic E-state index is 12.9. The Hall–Kier alpha value is -6.00. The molecule has 10 nitrogen and oxygen atoms in total. The highest BCUT2D eigenvalue weighted by atomic mass is 35.5. The third kappa shape index (κ3) is 9.70. The van der Waals surface area contributed by atoms with E-state index in [0.717, 1.165) is 11.1 Å². The predicted octanol–water partition coefficient (Wildman–Crippen LogP) is 10.3. The van der Waals surface area contributed by atoms with Crippen molar-refractivity contribution in [2.45, 2.75) is 79.1 Å². The molecular formula is C46H47ClO10. The highest BCUT2D eigenvalue weighted by molar-refractivity contribution is 6.30. The lowest BCUT2D eigenvalue weighted by molar-refractivity contribution is -0.163. The van der Waals surface area contributed by atoms with Gasteiger partial charge in [-0.05, 0) is 140 Å². The largest absolute Gasteiger partial charge is 0.508 e. The highest BCUT2D eigenvalue weighted by Crippen LogP contribution is 2.49. The molecule has 0 aliphatic carbocycles. The van der Waals surface area contributed by atoms with Crippen LogP contribution in [-0.4, -0.2) is 46.4 Å². The summed E-state index contributed by atoms with van der Waals surface area (Å²) in [7, 11) is 1.52. The number of phenols is 1. The predicted molar refractivity (Wildman–Crippen MR) is 222 cm³/mol. The van der Waals surface area contributed by atoms with Gasteiger partial charge >= 0.3 is 11.6 Å². The Balaban J connectivity index is 0.000000225. The molecule has 1 aliphatic heterocycles. The zero-order valence-electron chi connectivity index (χ0n) is 33.5. The quantitative estimate of drug-likeness (QED) is 0.0607. The number of phenolic OH excluding ortho intramolecular Hbond substituents is 1. The summed E-state index contributed by atoms with van der Waals surface area (Å²) in [5.41, 5.74) is 1.81. The van der Waals surface area contributed by atoms with Crippen LogP contribution in [0.3, 0.4) is 0 Å². The molecule has 0 unspecified atom stereocenters. The highest BCUT2D eigenvalue weighted by Gasteiger charge is 2.34. The summed E-state index contributed by atoms with van der Waals surface area (Å²) in [5.74, 6) is 0.712. The molecule has 0 spiro atoms. The molecule has 4 aromatic carbocycles. The first-order chi connectivity index (χ1) is 26.8. The average molecular weight is 795 g/mol. The van der Waals surface area contributed by atoms with Gasteiger partial charge in [-0.3, -0.25) is 4.79 Å². The van der Waals surface area contributed by atoms with E-state index in [0.29, 0.717) is 56.3 Å². The molecule has 0 fully saturated rings. The van der Waals surface area contributed by atoms with Gasteiger partial charge in [-0.1, -0.05) is 35.4 Å². The second-order valence-electron chi connectivity index (χ2n) is 15.1. The van der Waals surface area contributed by atoms with E-state index in [1.165, 1.54) is 19.2 Å². The molecule has 1 aromatic heterocycles. The first-order valence-electron chi connectivity index (χ1n) is 18.4. The van der Waals surface area contributed by atoms with Gasteiger partial charge in [-0.2, -0.15) is 0 Å². The minimum absolute atomic E-state index is 0.00458. The number of rotatable bonds is 10. The molecule has 0 atom stereocenters. The van der Waals surface area contributed by atoms with E-state index in [1.807, 2.05) is 39.8 Å². The molecule has 6 rings (SSSR count). The van der Waals surface area contributed by atoms with Gasteiger partial charge in [0.05, 0.1) is 18.8 Å². The van der Waals surface area contributed by atoms with Crippen LogP contribution in [0.25, 0.3) is 28.2 Å². The second-order valence-corrected chi connectivity index (χ2v) is 15.5. The molecule has 0 saturated carbocycles. The number of carbonyl (C=O) groups is 2. The summed E-state index contributed by atoms with van der Waals surface area (Å²) >= 11 is 5.84. The summed E-state index contributed by atoms with van der Waals surface area (Å²) < 4.78 is 28.7. The fraction of sp³-hybridized carbons (Fsp3) is 0.283. The van der Waals surface area contributed by atoms with Crippen LogP contribution in [0.15, 0.2) is 99.7 Å². The first-order valence-corrected chi connectivity index (χ1v) is 18.7. The molecule has 1 aliphatic rings. The number of halogens is 1. The maximum absolute atomic E-state index is 12.9. The fourth-order valence-electron chi connectivity index (χ4n) is 6.03. The number of ketones is 1. The zero-order chi connectivity index (χ0) is 41.8. The number of methoxy groups -OCH3 is 1. The summed E-state index contributed by atoms with van der Waals surface area (Å²) in [4.78, 5) is 37.4. The number of hydrogen-bond donors (Lipinski definition) is 2. The number of ether oxygens (including phenoxy) is 4. The lowest BCUT2D eigenvalue weighted by Crippen LogP contribution is -2.40. The molecule has 0 radical (unpaired) electrons. The van der Waals surface area contributed by atoms with Gasteiger partial charge in [0.1, 0.15) is 45.3 Å². The number of aromatic hydroxyl groups is 2. The van der Waals surface area contributed by atoms with Crippen molar-refractivity contribution in [3.05, 3.63) is 128 Å². The molecule has 2 N–H and O–H groups in total. The van der Waals surface area contributed by atoms with E-state index in [9.17, 15) is 24.6 Å². The Morgan fingerprint density at radius 2 is 1.53 bits per heavy atom. The summed E-state index contributed by atoms with van der Waals surface area (Å²) in [6, 6.07) is 19.3. The average Bonchev–Trinajstić information content (AvgIpc) is 3.14. The van der Waals surface area contributed by atoms with E-state index in [1.54, 1.807) is 88.4 Å². The monoisotopic (exact) mass is 794 g/mol. The number of benzene rings is 4. The van der Waals surface area contributed by atoms with Crippen LogP contribution in [0.1, 0.15) is 82.4 Å². The lowest BCUT2D eigenvalue weighted by Gasteiger charge is -2.31. The second kappa shape index (κ2) is 17.0. The van der Waals surface area contributed by atoms with Crippen molar-refractivity contribution in [2.75, 3.05) is 7.11 Å². The third-order valence-corrected chi connectivity index (χ3v) is 9.14. The number of fused-ring (bicyclic) bond motifs is 3. The summed E-state index contributed by atoms with van der Waals surface area (Å²) in [5, 5.41) is 21.8. The SMILES string of the molecule is CC(C)OC(=O)C(C)(C)Oc1ccc(C(=O)c2ccc(Cl)cc2)cc1.COc1c(CC=C(C)C)c2c(c3oc(=O)c(-c4ccc(O)cc4)c(O)c13)C=CC(C)(C)O2. The van der Waals surface area contributed by atoms with Crippen LogP contribution in [0.2, 0.25) is 5.02 Å². The minimum atomic E-state index is -1.12. The van der Waals surface area contributed by atoms with Gasteiger partial charge in [0.2, 0.25) is 0 Å². The standard InChI is InChI=1S/C26H26O6.C20H21ClO4/c1-14(2)6-11-17-22-18(12-13-26(3,4)32-22)24-20(23(17)30-5)21(28)19(25(29)31-24)15-7-9-16(27)10-8-15;1-13(2)24-19(23)20(3,4)25-17-11-7-15(8-12-17)18(22)14-5-9-16(21)10-6-14/h6-10,12-13,27-28H,11H2,1-5H3;5-13H,1-4H3. The zero-order valence-corrected chi connectivity index (χ0v) is 34.2. The van der Waals surface area contributed by atoms with E-state index in [-0.39, 0.29) is 34.5 Å². The number of esters is 1. The number of allylic oxidation sites excluding steroid dienone is 2. The van der Waals surface area contributed by atoms with Crippen LogP contribution in [0.5, 0.6) is 28.7 Å². The van der Waals surface area contributed by atoms with E-state index >= 15 is 0 Å². The van der Waals surface area contributed by atoms with Gasteiger partial charge < -0.3 is 33.6 Å². The van der Waals surface area contributed by atoms with Crippen LogP contribution in [0.4, 0.5) is 0 Å². The van der Waals surface area contributed by atoms with Gasteiger partial charge in [0, 0.05) is 21.7 Å². The molecule has 0 saturated heterocycles. The van der Waals surface area contributed by atoms with E-state index < -0.39 is 22.8 Å². The topological polar surface area (TPSA) is 142 Å². The van der Waals surface area contributed by atoms with Crippen LogP contribution >= 0.6 is 11.6 Å². The van der Waals surface area contributed by atoms with Crippen molar-refractivity contribution >= 4 is 40.4 Å². The van der Waals surface area contributed by atoms with E-state index in [4.69, 9.17) is 35.0 Å².